The van der Waals surface area contributed by atoms with Crippen LogP contribution in [0, 0.1) is 0 Å². The SMILES string of the molecule is CCN(CC)c1ccc(C=C2SC(=S)N(NC(=O)c3ccc(O)c(OC)c3)C2=O)cc1. The van der Waals surface area contributed by atoms with Gasteiger partial charge in [0.2, 0.25) is 0 Å². The van der Waals surface area contributed by atoms with Crippen LogP contribution < -0.4 is 15.1 Å². The Bertz CT molecular complexity index is 1030. The van der Waals surface area contributed by atoms with Crippen LogP contribution in [0.2, 0.25) is 0 Å². The fourth-order valence-corrected chi connectivity index (χ4v) is 4.25. The molecule has 0 radical (unpaired) electrons. The summed E-state index contributed by atoms with van der Waals surface area (Å²) in [7, 11) is 1.39. The maximum atomic E-state index is 12.8. The van der Waals surface area contributed by atoms with E-state index < -0.39 is 11.8 Å². The smallest absolute Gasteiger partial charge is 0.285 e. The molecular weight excluding hydrogens is 434 g/mol. The number of nitrogens with zero attached hydrogens (tertiary/aromatic N) is 2. The van der Waals surface area contributed by atoms with E-state index in [4.69, 9.17) is 17.0 Å². The van der Waals surface area contributed by atoms with Crippen molar-refractivity contribution in [1.82, 2.24) is 10.4 Å². The number of carbonyl (C=O) groups excluding carboxylic acids is 2. The summed E-state index contributed by atoms with van der Waals surface area (Å²) < 4.78 is 5.25. The maximum absolute atomic E-state index is 12.8. The Morgan fingerprint density at radius 1 is 1.23 bits per heavy atom. The number of thiocarbonyl (C=S) groups is 1. The molecule has 0 aliphatic carbocycles. The van der Waals surface area contributed by atoms with Gasteiger partial charge in [0.1, 0.15) is 0 Å². The molecule has 31 heavy (non-hydrogen) atoms. The van der Waals surface area contributed by atoms with Gasteiger partial charge in [0, 0.05) is 24.3 Å². The van der Waals surface area contributed by atoms with Crippen molar-refractivity contribution in [1.29, 1.82) is 0 Å². The standard InChI is InChI=1S/C22H23N3O4S2/c1-4-24(5-2)16-9-6-14(7-10-16)12-19-21(28)25(22(30)31-19)23-20(27)15-8-11-17(26)18(13-15)29-3/h6-13,26H,4-5H2,1-3H3,(H,23,27). The maximum Gasteiger partial charge on any atom is 0.285 e. The van der Waals surface area contributed by atoms with E-state index in [-0.39, 0.29) is 21.4 Å². The first kappa shape index (κ1) is 22.6. The molecule has 0 unspecified atom stereocenters. The van der Waals surface area contributed by atoms with Crippen LogP contribution in [0.5, 0.6) is 11.5 Å². The number of hydrogen-bond acceptors (Lipinski definition) is 7. The Labute approximate surface area is 190 Å². The molecule has 2 aromatic carbocycles. The summed E-state index contributed by atoms with van der Waals surface area (Å²) in [5.41, 5.74) is 4.72. The summed E-state index contributed by atoms with van der Waals surface area (Å²) in [4.78, 5) is 28.0. The summed E-state index contributed by atoms with van der Waals surface area (Å²) in [5, 5.41) is 10.7. The number of amides is 2. The number of rotatable bonds is 7. The summed E-state index contributed by atoms with van der Waals surface area (Å²) in [6.07, 6.45) is 1.75. The van der Waals surface area contributed by atoms with E-state index in [9.17, 15) is 14.7 Å². The largest absolute Gasteiger partial charge is 0.504 e. The van der Waals surface area contributed by atoms with Gasteiger partial charge in [-0.1, -0.05) is 23.9 Å². The minimum atomic E-state index is -0.542. The van der Waals surface area contributed by atoms with Crippen LogP contribution in [-0.4, -0.2) is 46.4 Å². The highest BCUT2D eigenvalue weighted by molar-refractivity contribution is 8.26. The Morgan fingerprint density at radius 2 is 1.90 bits per heavy atom. The van der Waals surface area contributed by atoms with Gasteiger partial charge in [0.25, 0.3) is 11.8 Å². The van der Waals surface area contributed by atoms with E-state index in [1.807, 2.05) is 24.3 Å². The van der Waals surface area contributed by atoms with E-state index in [0.29, 0.717) is 4.91 Å². The average molecular weight is 458 g/mol. The molecule has 1 fully saturated rings. The van der Waals surface area contributed by atoms with E-state index in [1.54, 1.807) is 6.08 Å². The average Bonchev–Trinajstić information content (AvgIpc) is 3.03. The zero-order chi connectivity index (χ0) is 22.5. The van der Waals surface area contributed by atoms with Crippen molar-refractivity contribution < 1.29 is 19.4 Å². The number of nitrogens with one attached hydrogen (secondary N) is 1. The van der Waals surface area contributed by atoms with Crippen molar-refractivity contribution in [2.75, 3.05) is 25.1 Å². The molecule has 7 nitrogen and oxygen atoms in total. The zero-order valence-corrected chi connectivity index (χ0v) is 19.0. The molecule has 0 atom stereocenters. The first-order valence-electron chi connectivity index (χ1n) is 9.68. The van der Waals surface area contributed by atoms with Crippen molar-refractivity contribution >= 4 is 51.9 Å². The van der Waals surface area contributed by atoms with Gasteiger partial charge in [-0.2, -0.15) is 5.01 Å². The molecule has 162 valence electrons. The third-order valence-electron chi connectivity index (χ3n) is 4.77. The summed E-state index contributed by atoms with van der Waals surface area (Å²) in [6.45, 7) is 6.04. The molecule has 0 bridgehead atoms. The van der Waals surface area contributed by atoms with E-state index in [0.717, 1.165) is 41.1 Å². The minimum absolute atomic E-state index is 0.0837. The monoisotopic (exact) mass is 457 g/mol. The molecule has 2 aromatic rings. The van der Waals surface area contributed by atoms with Crippen molar-refractivity contribution in [3.63, 3.8) is 0 Å². The quantitative estimate of drug-likeness (QED) is 0.483. The minimum Gasteiger partial charge on any atom is -0.504 e. The number of benzene rings is 2. The fourth-order valence-electron chi connectivity index (χ4n) is 3.07. The Morgan fingerprint density at radius 3 is 2.52 bits per heavy atom. The van der Waals surface area contributed by atoms with Gasteiger partial charge in [-0.05, 0) is 68.0 Å². The van der Waals surface area contributed by atoms with Gasteiger partial charge in [0.15, 0.2) is 15.8 Å². The Balaban J connectivity index is 1.74. The van der Waals surface area contributed by atoms with E-state index >= 15 is 0 Å². The zero-order valence-electron chi connectivity index (χ0n) is 17.4. The van der Waals surface area contributed by atoms with Crippen LogP contribution in [-0.2, 0) is 4.79 Å². The van der Waals surface area contributed by atoms with Gasteiger partial charge < -0.3 is 14.7 Å². The highest BCUT2D eigenvalue weighted by Gasteiger charge is 2.33. The third-order valence-corrected chi connectivity index (χ3v) is 6.07. The van der Waals surface area contributed by atoms with E-state index in [1.165, 1.54) is 25.3 Å². The predicted octanol–water partition coefficient (Wildman–Crippen LogP) is 3.79. The second kappa shape index (κ2) is 9.84. The molecule has 2 amide bonds. The van der Waals surface area contributed by atoms with Crippen molar-refractivity contribution in [2.24, 2.45) is 0 Å². The van der Waals surface area contributed by atoms with Crippen LogP contribution in [0.4, 0.5) is 5.69 Å². The number of hydrogen-bond donors (Lipinski definition) is 2. The molecule has 0 aromatic heterocycles. The number of anilines is 1. The van der Waals surface area contributed by atoms with Crippen LogP contribution in [0.3, 0.4) is 0 Å². The van der Waals surface area contributed by atoms with Gasteiger partial charge in [-0.15, -0.1) is 0 Å². The first-order chi connectivity index (χ1) is 14.9. The molecule has 0 saturated carbocycles. The number of phenolic OH excluding ortho intramolecular Hbond substituents is 1. The lowest BCUT2D eigenvalue weighted by Crippen LogP contribution is -2.44. The second-order valence-corrected chi connectivity index (χ2v) is 8.28. The number of thioether (sulfide) groups is 1. The number of aromatic hydroxyl groups is 1. The fraction of sp³-hybridized carbons (Fsp3) is 0.227. The third kappa shape index (κ3) is 5.00. The highest BCUT2D eigenvalue weighted by atomic mass is 32.2. The lowest BCUT2D eigenvalue weighted by Gasteiger charge is -2.20. The number of hydrazine groups is 1. The van der Waals surface area contributed by atoms with Gasteiger partial charge in [-0.3, -0.25) is 15.0 Å². The van der Waals surface area contributed by atoms with E-state index in [2.05, 4.69) is 24.2 Å². The number of ether oxygens (including phenoxy) is 1. The van der Waals surface area contributed by atoms with Gasteiger partial charge >= 0.3 is 0 Å². The molecule has 9 heteroatoms. The summed E-state index contributed by atoms with van der Waals surface area (Å²) in [5.74, 6) is -0.868. The molecule has 0 spiro atoms. The lowest BCUT2D eigenvalue weighted by atomic mass is 10.1. The number of phenols is 1. The van der Waals surface area contributed by atoms with Crippen LogP contribution in [0.25, 0.3) is 6.08 Å². The van der Waals surface area contributed by atoms with Gasteiger partial charge in [-0.25, -0.2) is 0 Å². The van der Waals surface area contributed by atoms with Crippen molar-refractivity contribution in [2.45, 2.75) is 13.8 Å². The van der Waals surface area contributed by atoms with Crippen molar-refractivity contribution in [3.8, 4) is 11.5 Å². The molecule has 1 aliphatic heterocycles. The summed E-state index contributed by atoms with van der Waals surface area (Å²) >= 11 is 6.40. The molecular formula is C22H23N3O4S2. The van der Waals surface area contributed by atoms with Crippen LogP contribution in [0.15, 0.2) is 47.4 Å². The predicted molar refractivity (Wildman–Crippen MR) is 127 cm³/mol. The second-order valence-electron chi connectivity index (χ2n) is 6.61. The Kier molecular flexibility index (Phi) is 7.19. The van der Waals surface area contributed by atoms with Crippen molar-refractivity contribution in [3.05, 3.63) is 58.5 Å². The molecule has 3 rings (SSSR count). The molecule has 1 heterocycles. The van der Waals surface area contributed by atoms with Crippen LogP contribution in [0.1, 0.15) is 29.8 Å². The molecule has 1 aliphatic rings. The normalized spacial score (nSPS) is 14.8. The molecule has 2 N–H and O–H groups in total. The highest BCUT2D eigenvalue weighted by Crippen LogP contribution is 2.32. The topological polar surface area (TPSA) is 82.1 Å². The van der Waals surface area contributed by atoms with Gasteiger partial charge in [0.05, 0.1) is 12.0 Å². The number of carbonyl (C=O) groups is 2. The lowest BCUT2D eigenvalue weighted by molar-refractivity contribution is -0.123. The Hall–Kier alpha value is -3.04. The number of methoxy groups -OCH3 is 1. The van der Waals surface area contributed by atoms with Crippen LogP contribution >= 0.6 is 24.0 Å². The summed E-state index contributed by atoms with van der Waals surface area (Å²) in [6, 6.07) is 12.1. The molecule has 1 saturated heterocycles. The first-order valence-corrected chi connectivity index (χ1v) is 10.9.